The van der Waals surface area contributed by atoms with Gasteiger partial charge >= 0.3 is 0 Å². The van der Waals surface area contributed by atoms with Crippen LogP contribution in [0.25, 0.3) is 0 Å². The number of nitrogens with one attached hydrogen (secondary N) is 1. The highest BCUT2D eigenvalue weighted by atomic mass is 15.4. The van der Waals surface area contributed by atoms with E-state index in [-0.39, 0.29) is 5.41 Å². The molecular formula is C14H28N6. The lowest BCUT2D eigenvalue weighted by molar-refractivity contribution is 0.327. The maximum atomic E-state index is 4.54. The van der Waals surface area contributed by atoms with Crippen LogP contribution in [-0.4, -0.2) is 48.7 Å². The van der Waals surface area contributed by atoms with Crippen molar-refractivity contribution >= 4 is 17.8 Å². The lowest BCUT2D eigenvalue weighted by Gasteiger charge is -2.35. The molecule has 0 aliphatic rings. The Morgan fingerprint density at radius 2 is 1.60 bits per heavy atom. The van der Waals surface area contributed by atoms with Crippen molar-refractivity contribution in [2.45, 2.75) is 40.7 Å². The third-order valence-electron chi connectivity index (χ3n) is 3.50. The molecule has 1 unspecified atom stereocenters. The van der Waals surface area contributed by atoms with Crippen molar-refractivity contribution < 1.29 is 0 Å². The molecule has 0 aliphatic heterocycles. The Labute approximate surface area is 122 Å². The predicted octanol–water partition coefficient (Wildman–Crippen LogP) is 2.24. The van der Waals surface area contributed by atoms with Crippen molar-refractivity contribution in [3.8, 4) is 0 Å². The Morgan fingerprint density at radius 1 is 1.05 bits per heavy atom. The summed E-state index contributed by atoms with van der Waals surface area (Å²) >= 11 is 0. The van der Waals surface area contributed by atoms with Crippen LogP contribution in [0.5, 0.6) is 0 Å². The molecule has 1 N–H and O–H groups in total. The molecule has 1 atom stereocenters. The smallest absolute Gasteiger partial charge is 0.231 e. The van der Waals surface area contributed by atoms with Crippen LogP contribution in [0.4, 0.5) is 17.8 Å². The highest BCUT2D eigenvalue weighted by Crippen LogP contribution is 2.26. The van der Waals surface area contributed by atoms with Crippen molar-refractivity contribution in [2.75, 3.05) is 42.8 Å². The highest BCUT2D eigenvalue weighted by Gasteiger charge is 2.26. The van der Waals surface area contributed by atoms with Gasteiger partial charge in [-0.3, -0.25) is 0 Å². The summed E-state index contributed by atoms with van der Waals surface area (Å²) in [6.07, 6.45) is 0. The second kappa shape index (κ2) is 6.24. The van der Waals surface area contributed by atoms with Crippen LogP contribution in [0.1, 0.15) is 34.6 Å². The Hall–Kier alpha value is -1.59. The lowest BCUT2D eigenvalue weighted by atomic mass is 9.87. The highest BCUT2D eigenvalue weighted by molar-refractivity contribution is 5.44. The zero-order chi connectivity index (χ0) is 15.5. The van der Waals surface area contributed by atoms with Crippen LogP contribution in [-0.2, 0) is 0 Å². The first-order valence-corrected chi connectivity index (χ1v) is 7.07. The van der Waals surface area contributed by atoms with E-state index < -0.39 is 0 Å². The predicted molar refractivity (Wildman–Crippen MR) is 85.6 cm³/mol. The van der Waals surface area contributed by atoms with Crippen LogP contribution in [0.15, 0.2) is 0 Å². The van der Waals surface area contributed by atoms with Gasteiger partial charge in [0.05, 0.1) is 0 Å². The monoisotopic (exact) mass is 280 g/mol. The standard InChI is InChI=1S/C14H28N6/c1-9-15-11-16-12(19(6)7)18-13(17-11)20(8)10(2)14(3,4)5/h10H,9H2,1-8H3,(H,15,16,17,18). The van der Waals surface area contributed by atoms with E-state index in [0.717, 1.165) is 6.54 Å². The fourth-order valence-electron chi connectivity index (χ4n) is 1.70. The SMILES string of the molecule is CCNc1nc(N(C)C)nc(N(C)C(C)C(C)(C)C)n1. The zero-order valence-electron chi connectivity index (χ0n) is 14.0. The van der Waals surface area contributed by atoms with Gasteiger partial charge in [-0.05, 0) is 19.3 Å². The van der Waals surface area contributed by atoms with Gasteiger partial charge < -0.3 is 15.1 Å². The molecule has 0 bridgehead atoms. The van der Waals surface area contributed by atoms with Crippen LogP contribution < -0.4 is 15.1 Å². The number of hydrogen-bond acceptors (Lipinski definition) is 6. The van der Waals surface area contributed by atoms with Gasteiger partial charge in [0, 0.05) is 33.7 Å². The maximum absolute atomic E-state index is 4.54. The minimum absolute atomic E-state index is 0.151. The number of aromatic nitrogens is 3. The number of nitrogens with zero attached hydrogens (tertiary/aromatic N) is 5. The van der Waals surface area contributed by atoms with Crippen LogP contribution >= 0.6 is 0 Å². The average Bonchev–Trinajstić information content (AvgIpc) is 2.35. The molecular weight excluding hydrogens is 252 g/mol. The molecule has 0 spiro atoms. The van der Waals surface area contributed by atoms with Gasteiger partial charge in [0.25, 0.3) is 0 Å². The van der Waals surface area contributed by atoms with E-state index in [1.165, 1.54) is 0 Å². The first-order chi connectivity index (χ1) is 9.16. The molecule has 1 rings (SSSR count). The summed E-state index contributed by atoms with van der Waals surface area (Å²) < 4.78 is 0. The largest absolute Gasteiger partial charge is 0.354 e. The van der Waals surface area contributed by atoms with Crippen molar-refractivity contribution in [2.24, 2.45) is 5.41 Å². The van der Waals surface area contributed by atoms with Crippen LogP contribution in [0.3, 0.4) is 0 Å². The van der Waals surface area contributed by atoms with Gasteiger partial charge in [0.15, 0.2) is 0 Å². The number of anilines is 3. The molecule has 6 heteroatoms. The van der Waals surface area contributed by atoms with Crippen LogP contribution in [0, 0.1) is 5.41 Å². The van der Waals surface area contributed by atoms with E-state index in [0.29, 0.717) is 23.9 Å². The van der Waals surface area contributed by atoms with Crippen LogP contribution in [0.2, 0.25) is 0 Å². The van der Waals surface area contributed by atoms with Crippen molar-refractivity contribution in [3.05, 3.63) is 0 Å². The van der Waals surface area contributed by atoms with Crippen molar-refractivity contribution in [1.82, 2.24) is 15.0 Å². The number of hydrogen-bond donors (Lipinski definition) is 1. The van der Waals surface area contributed by atoms with Gasteiger partial charge in [0.1, 0.15) is 0 Å². The Balaban J connectivity index is 3.15. The lowest BCUT2D eigenvalue weighted by Crippen LogP contribution is -2.40. The van der Waals surface area contributed by atoms with Gasteiger partial charge in [-0.1, -0.05) is 20.8 Å². The second-order valence-corrected chi connectivity index (χ2v) is 6.34. The minimum Gasteiger partial charge on any atom is -0.354 e. The molecule has 0 aliphatic carbocycles. The fraction of sp³-hybridized carbons (Fsp3) is 0.786. The topological polar surface area (TPSA) is 57.2 Å². The summed E-state index contributed by atoms with van der Waals surface area (Å²) in [5.41, 5.74) is 0.151. The summed E-state index contributed by atoms with van der Waals surface area (Å²) in [5.74, 6) is 1.98. The molecule has 20 heavy (non-hydrogen) atoms. The molecule has 114 valence electrons. The fourth-order valence-corrected chi connectivity index (χ4v) is 1.70. The van der Waals surface area contributed by atoms with E-state index in [1.807, 2.05) is 33.0 Å². The molecule has 0 saturated heterocycles. The Kier molecular flexibility index (Phi) is 5.14. The van der Waals surface area contributed by atoms with E-state index >= 15 is 0 Å². The average molecular weight is 280 g/mol. The second-order valence-electron chi connectivity index (χ2n) is 6.34. The molecule has 0 saturated carbocycles. The summed E-state index contributed by atoms with van der Waals surface area (Å²) in [7, 11) is 5.89. The summed E-state index contributed by atoms with van der Waals surface area (Å²) in [4.78, 5) is 17.4. The minimum atomic E-state index is 0.151. The third-order valence-corrected chi connectivity index (χ3v) is 3.50. The van der Waals surface area contributed by atoms with Gasteiger partial charge in [0.2, 0.25) is 17.8 Å². The zero-order valence-corrected chi connectivity index (χ0v) is 14.0. The third kappa shape index (κ3) is 3.95. The first-order valence-electron chi connectivity index (χ1n) is 7.07. The number of rotatable bonds is 5. The molecule has 1 heterocycles. The molecule has 1 aromatic heterocycles. The molecule has 0 aromatic carbocycles. The molecule has 0 fully saturated rings. The molecule has 6 nitrogen and oxygen atoms in total. The molecule has 0 radical (unpaired) electrons. The van der Waals surface area contributed by atoms with Crippen molar-refractivity contribution in [1.29, 1.82) is 0 Å². The van der Waals surface area contributed by atoms with Gasteiger partial charge in [-0.25, -0.2) is 0 Å². The van der Waals surface area contributed by atoms with E-state index in [1.54, 1.807) is 0 Å². The van der Waals surface area contributed by atoms with Crippen molar-refractivity contribution in [3.63, 3.8) is 0 Å². The normalized spacial score (nSPS) is 13.0. The quantitative estimate of drug-likeness (QED) is 0.892. The Bertz CT molecular complexity index is 438. The van der Waals surface area contributed by atoms with Gasteiger partial charge in [-0.15, -0.1) is 0 Å². The van der Waals surface area contributed by atoms with Gasteiger partial charge in [-0.2, -0.15) is 15.0 Å². The Morgan fingerprint density at radius 3 is 2.05 bits per heavy atom. The molecule has 0 amide bonds. The van der Waals surface area contributed by atoms with E-state index in [2.05, 4.69) is 52.9 Å². The first kappa shape index (κ1) is 16.5. The molecule has 1 aromatic rings. The summed E-state index contributed by atoms with van der Waals surface area (Å²) in [5, 5.41) is 3.16. The van der Waals surface area contributed by atoms with E-state index in [4.69, 9.17) is 0 Å². The summed E-state index contributed by atoms with van der Waals surface area (Å²) in [6, 6.07) is 0.314. The van der Waals surface area contributed by atoms with E-state index in [9.17, 15) is 0 Å². The maximum Gasteiger partial charge on any atom is 0.231 e. The summed E-state index contributed by atoms with van der Waals surface area (Å²) in [6.45, 7) is 11.6.